The Morgan fingerprint density at radius 1 is 1.06 bits per heavy atom. The molecule has 1 atom stereocenters. The summed E-state index contributed by atoms with van der Waals surface area (Å²) in [5.74, 6) is 1.15. The molecule has 2 rings (SSSR count). The molecule has 0 amide bonds. The molecule has 0 radical (unpaired) electrons. The molecule has 0 saturated carbocycles. The topological polar surface area (TPSA) is 43.1 Å². The molecule has 2 aromatic carbocycles. The van der Waals surface area contributed by atoms with E-state index in [0.29, 0.717) is 11.5 Å². The van der Waals surface area contributed by atoms with Crippen molar-refractivity contribution in [3.05, 3.63) is 65.2 Å². The minimum Gasteiger partial charge on any atom is -0.399 e. The lowest BCUT2D eigenvalue weighted by molar-refractivity contribution is 0.682. The van der Waals surface area contributed by atoms with Gasteiger partial charge in [-0.05, 0) is 35.7 Å². The van der Waals surface area contributed by atoms with E-state index in [9.17, 15) is 4.21 Å². The largest absolute Gasteiger partial charge is 0.399 e. The first kappa shape index (κ1) is 12.8. The molecule has 0 spiro atoms. The molecule has 94 valence electrons. The van der Waals surface area contributed by atoms with Crippen LogP contribution in [0.15, 0.2) is 48.5 Å². The number of nitrogen functional groups attached to an aromatic ring is 1. The normalized spacial score (nSPS) is 12.3. The van der Waals surface area contributed by atoms with Crippen LogP contribution in [0.4, 0.5) is 5.69 Å². The first-order valence-electron chi connectivity index (χ1n) is 5.89. The van der Waals surface area contributed by atoms with E-state index in [-0.39, 0.29) is 0 Å². The molecule has 0 aliphatic carbocycles. The number of anilines is 1. The van der Waals surface area contributed by atoms with Gasteiger partial charge in [0.05, 0.1) is 0 Å². The van der Waals surface area contributed by atoms with Crippen molar-refractivity contribution in [2.75, 3.05) is 5.73 Å². The second-order valence-electron chi connectivity index (χ2n) is 4.40. The summed E-state index contributed by atoms with van der Waals surface area (Å²) in [6, 6.07) is 15.7. The van der Waals surface area contributed by atoms with Gasteiger partial charge in [0.25, 0.3) is 0 Å². The molecular formula is C15H17NOS. The highest BCUT2D eigenvalue weighted by molar-refractivity contribution is 7.83. The zero-order valence-corrected chi connectivity index (χ0v) is 11.2. The van der Waals surface area contributed by atoms with E-state index in [1.165, 1.54) is 5.56 Å². The number of aryl methyl sites for hydroxylation is 1. The Labute approximate surface area is 110 Å². The molecule has 1 unspecified atom stereocenters. The Morgan fingerprint density at radius 2 is 1.83 bits per heavy atom. The third-order valence-corrected chi connectivity index (χ3v) is 4.14. The van der Waals surface area contributed by atoms with Crippen LogP contribution in [0, 0.1) is 6.92 Å². The third kappa shape index (κ3) is 3.44. The molecule has 0 bridgehead atoms. The van der Waals surface area contributed by atoms with Gasteiger partial charge in [-0.2, -0.15) is 0 Å². The fraction of sp³-hybridized carbons (Fsp3) is 0.200. The summed E-state index contributed by atoms with van der Waals surface area (Å²) in [5.41, 5.74) is 9.81. The minimum absolute atomic E-state index is 0.555. The van der Waals surface area contributed by atoms with Crippen LogP contribution in [0.1, 0.15) is 16.7 Å². The Morgan fingerprint density at radius 3 is 2.56 bits per heavy atom. The Balaban J connectivity index is 2.03. The van der Waals surface area contributed by atoms with E-state index in [1.54, 1.807) is 0 Å². The van der Waals surface area contributed by atoms with Crippen LogP contribution in [-0.2, 0) is 22.3 Å². The van der Waals surface area contributed by atoms with Crippen LogP contribution >= 0.6 is 0 Å². The zero-order chi connectivity index (χ0) is 13.0. The molecule has 0 aliphatic rings. The van der Waals surface area contributed by atoms with Crippen molar-refractivity contribution < 1.29 is 4.21 Å². The maximum atomic E-state index is 12.1. The van der Waals surface area contributed by atoms with Crippen molar-refractivity contribution in [3.63, 3.8) is 0 Å². The summed E-state index contributed by atoms with van der Waals surface area (Å²) >= 11 is 0. The van der Waals surface area contributed by atoms with Crippen LogP contribution in [0.2, 0.25) is 0 Å². The van der Waals surface area contributed by atoms with Gasteiger partial charge in [0, 0.05) is 28.0 Å². The van der Waals surface area contributed by atoms with Crippen molar-refractivity contribution in [1.29, 1.82) is 0 Å². The zero-order valence-electron chi connectivity index (χ0n) is 10.4. The van der Waals surface area contributed by atoms with Crippen LogP contribution < -0.4 is 5.73 Å². The van der Waals surface area contributed by atoms with Crippen molar-refractivity contribution in [3.8, 4) is 0 Å². The lowest BCUT2D eigenvalue weighted by Crippen LogP contribution is -2.01. The van der Waals surface area contributed by atoms with Crippen LogP contribution in [0.25, 0.3) is 0 Å². The quantitative estimate of drug-likeness (QED) is 0.858. The highest BCUT2D eigenvalue weighted by Gasteiger charge is 2.05. The van der Waals surface area contributed by atoms with Crippen molar-refractivity contribution in [2.24, 2.45) is 0 Å². The molecule has 0 saturated heterocycles. The van der Waals surface area contributed by atoms with Crippen molar-refractivity contribution in [2.45, 2.75) is 18.4 Å². The Kier molecular flexibility index (Phi) is 4.15. The van der Waals surface area contributed by atoms with E-state index in [2.05, 4.69) is 0 Å². The highest BCUT2D eigenvalue weighted by Crippen LogP contribution is 2.14. The number of nitrogens with two attached hydrogens (primary N) is 1. The van der Waals surface area contributed by atoms with Gasteiger partial charge in [-0.3, -0.25) is 4.21 Å². The number of hydrogen-bond donors (Lipinski definition) is 1. The first-order chi connectivity index (χ1) is 8.65. The smallest absolute Gasteiger partial charge is 0.0491 e. The van der Waals surface area contributed by atoms with E-state index < -0.39 is 10.8 Å². The van der Waals surface area contributed by atoms with Crippen molar-refractivity contribution >= 4 is 16.5 Å². The minimum atomic E-state index is -0.896. The average molecular weight is 259 g/mol. The summed E-state index contributed by atoms with van der Waals surface area (Å²) in [6.07, 6.45) is 0. The maximum Gasteiger partial charge on any atom is 0.0491 e. The van der Waals surface area contributed by atoms with Crippen LogP contribution in [0.3, 0.4) is 0 Å². The first-order valence-corrected chi connectivity index (χ1v) is 7.38. The number of rotatable bonds is 4. The molecule has 0 aromatic heterocycles. The predicted molar refractivity (Wildman–Crippen MR) is 77.6 cm³/mol. The summed E-state index contributed by atoms with van der Waals surface area (Å²) < 4.78 is 12.1. The fourth-order valence-electron chi connectivity index (χ4n) is 1.87. The molecule has 2 nitrogen and oxygen atoms in total. The maximum absolute atomic E-state index is 12.1. The van der Waals surface area contributed by atoms with Gasteiger partial charge in [-0.1, -0.05) is 36.4 Å². The second-order valence-corrected chi connectivity index (χ2v) is 5.86. The molecule has 2 N–H and O–H groups in total. The van der Waals surface area contributed by atoms with Gasteiger partial charge in [0.1, 0.15) is 0 Å². The Bertz CT molecular complexity index is 566. The molecule has 2 aromatic rings. The number of hydrogen-bond acceptors (Lipinski definition) is 2. The van der Waals surface area contributed by atoms with Gasteiger partial charge in [-0.25, -0.2) is 0 Å². The van der Waals surface area contributed by atoms with E-state index in [4.69, 9.17) is 5.73 Å². The van der Waals surface area contributed by atoms with Gasteiger partial charge < -0.3 is 5.73 Å². The second kappa shape index (κ2) is 5.83. The number of benzene rings is 2. The summed E-state index contributed by atoms with van der Waals surface area (Å²) in [5, 5.41) is 0. The lowest BCUT2D eigenvalue weighted by atomic mass is 10.1. The monoisotopic (exact) mass is 259 g/mol. The summed E-state index contributed by atoms with van der Waals surface area (Å²) in [4.78, 5) is 0. The standard InChI is InChI=1S/C15H17NOS/c1-12-5-2-3-7-14(12)11-18(17)10-13-6-4-8-15(16)9-13/h2-9H,10-11,16H2,1H3. The third-order valence-electron chi connectivity index (χ3n) is 2.86. The van der Waals surface area contributed by atoms with Gasteiger partial charge in [0.15, 0.2) is 0 Å². The lowest BCUT2D eigenvalue weighted by Gasteiger charge is -2.06. The molecular weight excluding hydrogens is 242 g/mol. The fourth-order valence-corrected chi connectivity index (χ4v) is 3.19. The van der Waals surface area contributed by atoms with E-state index in [1.807, 2.05) is 55.5 Å². The van der Waals surface area contributed by atoms with Crippen LogP contribution in [-0.4, -0.2) is 4.21 Å². The van der Waals surface area contributed by atoms with Crippen LogP contribution in [0.5, 0.6) is 0 Å². The van der Waals surface area contributed by atoms with Gasteiger partial charge in [0.2, 0.25) is 0 Å². The summed E-state index contributed by atoms with van der Waals surface area (Å²) in [7, 11) is -0.896. The van der Waals surface area contributed by atoms with E-state index >= 15 is 0 Å². The molecule has 3 heteroatoms. The predicted octanol–water partition coefficient (Wildman–Crippen LogP) is 3.03. The molecule has 0 fully saturated rings. The SMILES string of the molecule is Cc1ccccc1CS(=O)Cc1cccc(N)c1. The molecule has 18 heavy (non-hydrogen) atoms. The molecule has 0 heterocycles. The van der Waals surface area contributed by atoms with Gasteiger partial charge >= 0.3 is 0 Å². The van der Waals surface area contributed by atoms with Gasteiger partial charge in [-0.15, -0.1) is 0 Å². The Hall–Kier alpha value is -1.61. The van der Waals surface area contributed by atoms with E-state index in [0.717, 1.165) is 16.8 Å². The highest BCUT2D eigenvalue weighted by atomic mass is 32.2. The summed E-state index contributed by atoms with van der Waals surface area (Å²) in [6.45, 7) is 2.05. The molecule has 0 aliphatic heterocycles. The average Bonchev–Trinajstić information content (AvgIpc) is 2.32. The van der Waals surface area contributed by atoms with Crippen molar-refractivity contribution in [1.82, 2.24) is 0 Å².